The van der Waals surface area contributed by atoms with Gasteiger partial charge in [-0.3, -0.25) is 19.6 Å². The summed E-state index contributed by atoms with van der Waals surface area (Å²) >= 11 is 6.01. The van der Waals surface area contributed by atoms with Gasteiger partial charge in [0.25, 0.3) is 11.5 Å². The molecule has 140 valence electrons. The molecule has 1 saturated heterocycles. The van der Waals surface area contributed by atoms with E-state index in [0.717, 1.165) is 4.90 Å². The number of imide groups is 1. The van der Waals surface area contributed by atoms with Crippen LogP contribution in [0.3, 0.4) is 0 Å². The summed E-state index contributed by atoms with van der Waals surface area (Å²) in [6.45, 7) is 5.72. The van der Waals surface area contributed by atoms with Crippen molar-refractivity contribution in [2.45, 2.75) is 19.8 Å². The van der Waals surface area contributed by atoms with E-state index >= 15 is 0 Å². The standard InChI is InChI=1S/C19H19ClN4O3/c1-3-5-9-23-18(26)16(21-19(23)27)11-14-15(4-2)22-24(17(14)25)13-8-6-7-12(20)10-13/h3,6-8,10-11,22H,1,4-5,9H2,2H3,(H,21,27)/b16-11-. The first-order valence-electron chi connectivity index (χ1n) is 8.51. The largest absolute Gasteiger partial charge is 0.329 e. The van der Waals surface area contributed by atoms with Crippen molar-refractivity contribution in [3.63, 3.8) is 0 Å². The summed E-state index contributed by atoms with van der Waals surface area (Å²) in [7, 11) is 0. The lowest BCUT2D eigenvalue weighted by Crippen LogP contribution is -2.31. The minimum Gasteiger partial charge on any atom is -0.303 e. The molecular weight excluding hydrogens is 368 g/mol. The molecule has 1 aliphatic rings. The smallest absolute Gasteiger partial charge is 0.303 e. The second-order valence-corrected chi connectivity index (χ2v) is 6.44. The molecule has 1 aromatic carbocycles. The molecule has 2 N–H and O–H groups in total. The Kier molecular flexibility index (Phi) is 5.32. The number of nitrogens with one attached hydrogen (secondary N) is 2. The number of hydrogen-bond donors (Lipinski definition) is 2. The molecule has 0 saturated carbocycles. The van der Waals surface area contributed by atoms with Crippen molar-refractivity contribution in [2.24, 2.45) is 0 Å². The van der Waals surface area contributed by atoms with Gasteiger partial charge in [-0.2, -0.15) is 0 Å². The fraction of sp³-hybridized carbons (Fsp3) is 0.211. The highest BCUT2D eigenvalue weighted by atomic mass is 35.5. The number of hydrogen-bond acceptors (Lipinski definition) is 3. The van der Waals surface area contributed by atoms with Gasteiger partial charge in [-0.05, 0) is 37.1 Å². The number of aryl methyl sites for hydroxylation is 1. The zero-order valence-corrected chi connectivity index (χ0v) is 15.5. The van der Waals surface area contributed by atoms with E-state index < -0.39 is 11.9 Å². The molecule has 7 nitrogen and oxygen atoms in total. The van der Waals surface area contributed by atoms with Crippen LogP contribution < -0.4 is 10.9 Å². The fourth-order valence-corrected chi connectivity index (χ4v) is 3.03. The Balaban J connectivity index is 2.01. The first-order chi connectivity index (χ1) is 13.0. The SMILES string of the molecule is C=CCCN1C(=O)N/C(=C\c2c(CC)[nH]n(-c3cccc(Cl)c3)c2=O)C1=O. The normalized spacial score (nSPS) is 15.5. The number of aromatic amines is 1. The average Bonchev–Trinajstić information content (AvgIpc) is 3.10. The number of rotatable bonds is 6. The van der Waals surface area contributed by atoms with Crippen LogP contribution in [0.4, 0.5) is 4.79 Å². The highest BCUT2D eigenvalue weighted by Crippen LogP contribution is 2.17. The Morgan fingerprint density at radius 1 is 1.26 bits per heavy atom. The molecular formula is C19H19ClN4O3. The van der Waals surface area contributed by atoms with Gasteiger partial charge >= 0.3 is 6.03 Å². The molecule has 3 rings (SSSR count). The van der Waals surface area contributed by atoms with E-state index in [1.165, 1.54) is 10.8 Å². The van der Waals surface area contributed by atoms with Crippen molar-refractivity contribution < 1.29 is 9.59 Å². The predicted octanol–water partition coefficient (Wildman–Crippen LogP) is 2.85. The summed E-state index contributed by atoms with van der Waals surface area (Å²) in [5.74, 6) is -0.459. The molecule has 2 aromatic rings. The van der Waals surface area contributed by atoms with Gasteiger partial charge in [-0.25, -0.2) is 9.48 Å². The maximum atomic E-state index is 12.9. The molecule has 1 fully saturated rings. The van der Waals surface area contributed by atoms with Crippen molar-refractivity contribution >= 4 is 29.6 Å². The summed E-state index contributed by atoms with van der Waals surface area (Å²) in [6, 6.07) is 6.37. The van der Waals surface area contributed by atoms with Crippen LogP contribution in [0.2, 0.25) is 5.02 Å². The molecule has 2 heterocycles. The number of nitrogens with zero attached hydrogens (tertiary/aromatic N) is 2. The van der Waals surface area contributed by atoms with Crippen molar-refractivity contribution in [3.05, 3.63) is 69.3 Å². The van der Waals surface area contributed by atoms with Gasteiger partial charge in [0.05, 0.1) is 11.3 Å². The monoisotopic (exact) mass is 386 g/mol. The third kappa shape index (κ3) is 3.59. The minimum atomic E-state index is -0.503. The van der Waals surface area contributed by atoms with Gasteiger partial charge in [-0.1, -0.05) is 30.7 Å². The number of aromatic nitrogens is 2. The second-order valence-electron chi connectivity index (χ2n) is 6.00. The Bertz CT molecular complexity index is 1000. The maximum absolute atomic E-state index is 12.9. The maximum Gasteiger partial charge on any atom is 0.329 e. The van der Waals surface area contributed by atoms with Gasteiger partial charge in [0.1, 0.15) is 5.70 Å². The lowest BCUT2D eigenvalue weighted by molar-refractivity contribution is -0.122. The van der Waals surface area contributed by atoms with Crippen LogP contribution in [0.1, 0.15) is 24.6 Å². The quantitative estimate of drug-likeness (QED) is 0.454. The van der Waals surface area contributed by atoms with E-state index in [2.05, 4.69) is 17.0 Å². The summed E-state index contributed by atoms with van der Waals surface area (Å²) < 4.78 is 1.37. The fourth-order valence-electron chi connectivity index (χ4n) is 2.85. The summed E-state index contributed by atoms with van der Waals surface area (Å²) in [6.07, 6.45) is 4.10. The van der Waals surface area contributed by atoms with Crippen LogP contribution in [-0.4, -0.2) is 33.2 Å². The van der Waals surface area contributed by atoms with Crippen molar-refractivity contribution in [2.75, 3.05) is 6.54 Å². The third-order valence-electron chi connectivity index (χ3n) is 4.23. The molecule has 0 bridgehead atoms. The zero-order valence-electron chi connectivity index (χ0n) is 14.8. The highest BCUT2D eigenvalue weighted by Gasteiger charge is 2.33. The van der Waals surface area contributed by atoms with Crippen LogP contribution in [0.25, 0.3) is 11.8 Å². The Morgan fingerprint density at radius 3 is 2.70 bits per heavy atom. The van der Waals surface area contributed by atoms with E-state index in [9.17, 15) is 14.4 Å². The number of carbonyl (C=O) groups is 2. The number of halogens is 1. The predicted molar refractivity (Wildman–Crippen MR) is 104 cm³/mol. The molecule has 0 atom stereocenters. The van der Waals surface area contributed by atoms with Gasteiger partial charge in [0.2, 0.25) is 0 Å². The van der Waals surface area contributed by atoms with E-state index in [4.69, 9.17) is 11.6 Å². The third-order valence-corrected chi connectivity index (χ3v) is 4.47. The lowest BCUT2D eigenvalue weighted by Gasteiger charge is -2.08. The summed E-state index contributed by atoms with van der Waals surface area (Å²) in [5, 5.41) is 6.07. The lowest BCUT2D eigenvalue weighted by atomic mass is 10.1. The summed E-state index contributed by atoms with van der Waals surface area (Å²) in [5.41, 5.74) is 1.31. The number of H-pyrrole nitrogens is 1. The van der Waals surface area contributed by atoms with Crippen LogP contribution in [0, 0.1) is 0 Å². The van der Waals surface area contributed by atoms with E-state index in [-0.39, 0.29) is 17.8 Å². The van der Waals surface area contributed by atoms with E-state index in [1.54, 1.807) is 30.3 Å². The second kappa shape index (κ2) is 7.67. The molecule has 1 aromatic heterocycles. The summed E-state index contributed by atoms with van der Waals surface area (Å²) in [4.78, 5) is 38.5. The highest BCUT2D eigenvalue weighted by molar-refractivity contribution is 6.30. The molecule has 0 unspecified atom stereocenters. The van der Waals surface area contributed by atoms with Gasteiger partial charge in [0.15, 0.2) is 0 Å². The van der Waals surface area contributed by atoms with Crippen molar-refractivity contribution in [3.8, 4) is 5.69 Å². The number of urea groups is 1. The average molecular weight is 387 g/mol. The molecule has 27 heavy (non-hydrogen) atoms. The molecule has 0 aliphatic carbocycles. The van der Waals surface area contributed by atoms with Crippen LogP contribution >= 0.6 is 11.6 Å². The first kappa shape index (κ1) is 18.7. The molecule has 1 aliphatic heterocycles. The van der Waals surface area contributed by atoms with E-state index in [1.807, 2.05) is 6.92 Å². The van der Waals surface area contributed by atoms with Crippen LogP contribution in [-0.2, 0) is 11.2 Å². The Labute approximate surface area is 160 Å². The Morgan fingerprint density at radius 2 is 2.04 bits per heavy atom. The topological polar surface area (TPSA) is 87.2 Å². The molecule has 0 radical (unpaired) electrons. The molecule has 3 amide bonds. The first-order valence-corrected chi connectivity index (χ1v) is 8.89. The zero-order chi connectivity index (χ0) is 19.6. The van der Waals surface area contributed by atoms with Gasteiger partial charge in [0, 0.05) is 17.3 Å². The Hall–Kier alpha value is -3.06. The van der Waals surface area contributed by atoms with Crippen LogP contribution in [0.5, 0.6) is 0 Å². The van der Waals surface area contributed by atoms with Crippen molar-refractivity contribution in [1.29, 1.82) is 0 Å². The minimum absolute atomic E-state index is 0.0770. The number of amides is 3. The van der Waals surface area contributed by atoms with Gasteiger partial charge in [-0.15, -0.1) is 6.58 Å². The number of carbonyl (C=O) groups excluding carboxylic acids is 2. The van der Waals surface area contributed by atoms with Gasteiger partial charge < -0.3 is 5.32 Å². The molecule has 8 heteroatoms. The van der Waals surface area contributed by atoms with Crippen molar-refractivity contribution in [1.82, 2.24) is 20.0 Å². The van der Waals surface area contributed by atoms with E-state index in [0.29, 0.717) is 34.8 Å². The van der Waals surface area contributed by atoms with Crippen LogP contribution in [0.15, 0.2) is 47.4 Å². The number of benzene rings is 1. The molecule has 0 spiro atoms.